The highest BCUT2D eigenvalue weighted by atomic mass is 15.2. The smallest absolute Gasteiger partial charge is 0.0366 e. The largest absolute Gasteiger partial charge is 0.371 e. The van der Waals surface area contributed by atoms with Gasteiger partial charge in [-0.1, -0.05) is 18.2 Å². The molecule has 0 aliphatic carbocycles. The molecule has 2 aliphatic heterocycles. The van der Waals surface area contributed by atoms with Crippen LogP contribution >= 0.6 is 0 Å². The van der Waals surface area contributed by atoms with Crippen LogP contribution < -0.4 is 4.90 Å². The van der Waals surface area contributed by atoms with E-state index in [1.807, 2.05) is 0 Å². The molecule has 2 saturated heterocycles. The lowest BCUT2D eigenvalue weighted by Crippen LogP contribution is -2.43. The standard InChI is InChI=1S/C18H29N3/c1-19-11-9-17(10-12-19)20(2)14-16-8-13-21(15-16)18-6-4-3-5-7-18/h3-7,16-17H,8-15H2,1-2H3. The van der Waals surface area contributed by atoms with Crippen molar-refractivity contribution in [3.05, 3.63) is 30.3 Å². The summed E-state index contributed by atoms with van der Waals surface area (Å²) in [6.07, 6.45) is 4.01. The quantitative estimate of drug-likeness (QED) is 0.842. The van der Waals surface area contributed by atoms with E-state index < -0.39 is 0 Å². The van der Waals surface area contributed by atoms with Crippen molar-refractivity contribution in [3.63, 3.8) is 0 Å². The summed E-state index contributed by atoms with van der Waals surface area (Å²) >= 11 is 0. The third kappa shape index (κ3) is 3.78. The molecule has 2 heterocycles. The number of hydrogen-bond acceptors (Lipinski definition) is 3. The fraction of sp³-hybridized carbons (Fsp3) is 0.667. The summed E-state index contributed by atoms with van der Waals surface area (Å²) in [5.41, 5.74) is 1.39. The Morgan fingerprint density at radius 1 is 1.05 bits per heavy atom. The summed E-state index contributed by atoms with van der Waals surface area (Å²) < 4.78 is 0. The van der Waals surface area contributed by atoms with Gasteiger partial charge >= 0.3 is 0 Å². The minimum atomic E-state index is 0.798. The second-order valence-corrected chi connectivity index (χ2v) is 6.91. The Balaban J connectivity index is 1.48. The fourth-order valence-corrected chi connectivity index (χ4v) is 3.85. The van der Waals surface area contributed by atoms with Gasteiger partial charge in [-0.15, -0.1) is 0 Å². The molecule has 1 aromatic rings. The Kier molecular flexibility index (Phi) is 4.81. The molecule has 21 heavy (non-hydrogen) atoms. The predicted molar refractivity (Wildman–Crippen MR) is 89.9 cm³/mol. The predicted octanol–water partition coefficient (Wildman–Crippen LogP) is 2.54. The van der Waals surface area contributed by atoms with Gasteiger partial charge in [0.25, 0.3) is 0 Å². The molecule has 116 valence electrons. The van der Waals surface area contributed by atoms with Crippen molar-refractivity contribution in [1.82, 2.24) is 9.80 Å². The number of hydrogen-bond donors (Lipinski definition) is 0. The van der Waals surface area contributed by atoms with Gasteiger partial charge in [0.1, 0.15) is 0 Å². The van der Waals surface area contributed by atoms with Crippen LogP contribution in [0.5, 0.6) is 0 Å². The summed E-state index contributed by atoms with van der Waals surface area (Å²) in [5.74, 6) is 0.829. The van der Waals surface area contributed by atoms with Gasteiger partial charge in [0, 0.05) is 31.4 Å². The maximum Gasteiger partial charge on any atom is 0.0366 e. The number of para-hydroxylation sites is 1. The molecule has 2 fully saturated rings. The Bertz CT molecular complexity index is 425. The van der Waals surface area contributed by atoms with Crippen LogP contribution in [0.4, 0.5) is 5.69 Å². The van der Waals surface area contributed by atoms with Gasteiger partial charge in [0.05, 0.1) is 0 Å². The molecule has 1 aromatic carbocycles. The molecule has 3 rings (SSSR count). The number of likely N-dealkylation sites (tertiary alicyclic amines) is 1. The van der Waals surface area contributed by atoms with Crippen LogP contribution in [0, 0.1) is 5.92 Å². The maximum absolute atomic E-state index is 2.63. The van der Waals surface area contributed by atoms with Crippen LogP contribution in [0.2, 0.25) is 0 Å². The number of benzene rings is 1. The first-order chi connectivity index (χ1) is 10.2. The van der Waals surface area contributed by atoms with Gasteiger partial charge in [-0.2, -0.15) is 0 Å². The molecule has 1 atom stereocenters. The zero-order valence-corrected chi connectivity index (χ0v) is 13.5. The molecule has 0 saturated carbocycles. The first-order valence-electron chi connectivity index (χ1n) is 8.41. The van der Waals surface area contributed by atoms with Crippen molar-refractivity contribution >= 4 is 5.69 Å². The van der Waals surface area contributed by atoms with Crippen molar-refractivity contribution < 1.29 is 0 Å². The Morgan fingerprint density at radius 2 is 1.76 bits per heavy atom. The lowest BCUT2D eigenvalue weighted by Gasteiger charge is -2.36. The number of rotatable bonds is 4. The van der Waals surface area contributed by atoms with E-state index in [1.165, 1.54) is 57.7 Å². The topological polar surface area (TPSA) is 9.72 Å². The Labute approximate surface area is 129 Å². The second kappa shape index (κ2) is 6.80. The van der Waals surface area contributed by atoms with Crippen molar-refractivity contribution in [2.45, 2.75) is 25.3 Å². The van der Waals surface area contributed by atoms with Gasteiger partial charge in [0.15, 0.2) is 0 Å². The minimum absolute atomic E-state index is 0.798. The number of anilines is 1. The van der Waals surface area contributed by atoms with Gasteiger partial charge < -0.3 is 14.7 Å². The Hall–Kier alpha value is -1.06. The summed E-state index contributed by atoms with van der Waals surface area (Å²) in [4.78, 5) is 7.64. The molecule has 0 aromatic heterocycles. The molecule has 2 aliphatic rings. The fourth-order valence-electron chi connectivity index (χ4n) is 3.85. The molecule has 0 bridgehead atoms. The average Bonchev–Trinajstić information content (AvgIpc) is 2.97. The van der Waals surface area contributed by atoms with E-state index in [9.17, 15) is 0 Å². The maximum atomic E-state index is 2.63. The van der Waals surface area contributed by atoms with E-state index in [2.05, 4.69) is 59.1 Å². The van der Waals surface area contributed by atoms with Crippen LogP contribution in [0.15, 0.2) is 30.3 Å². The first kappa shape index (κ1) is 14.9. The molecule has 1 unspecified atom stereocenters. The monoisotopic (exact) mass is 287 g/mol. The van der Waals surface area contributed by atoms with E-state index in [0.717, 1.165) is 12.0 Å². The zero-order valence-electron chi connectivity index (χ0n) is 13.5. The van der Waals surface area contributed by atoms with Gasteiger partial charge in [-0.25, -0.2) is 0 Å². The van der Waals surface area contributed by atoms with E-state index >= 15 is 0 Å². The van der Waals surface area contributed by atoms with Crippen molar-refractivity contribution in [2.24, 2.45) is 5.92 Å². The summed E-state index contributed by atoms with van der Waals surface area (Å²) in [5, 5.41) is 0. The number of piperidine rings is 1. The highest BCUT2D eigenvalue weighted by Gasteiger charge is 2.27. The lowest BCUT2D eigenvalue weighted by atomic mass is 10.0. The van der Waals surface area contributed by atoms with E-state index in [1.54, 1.807) is 0 Å². The van der Waals surface area contributed by atoms with Crippen LogP contribution in [0.25, 0.3) is 0 Å². The molecular weight excluding hydrogens is 258 g/mol. The SMILES string of the molecule is CN1CCC(N(C)CC2CCN(c3ccccc3)C2)CC1. The van der Waals surface area contributed by atoms with Crippen LogP contribution in [-0.2, 0) is 0 Å². The van der Waals surface area contributed by atoms with Gasteiger partial charge in [-0.05, 0) is 64.5 Å². The van der Waals surface area contributed by atoms with E-state index in [-0.39, 0.29) is 0 Å². The van der Waals surface area contributed by atoms with Gasteiger partial charge in [-0.3, -0.25) is 0 Å². The second-order valence-electron chi connectivity index (χ2n) is 6.91. The van der Waals surface area contributed by atoms with Gasteiger partial charge in [0.2, 0.25) is 0 Å². The van der Waals surface area contributed by atoms with Crippen LogP contribution in [0.3, 0.4) is 0 Å². The zero-order chi connectivity index (χ0) is 14.7. The first-order valence-corrected chi connectivity index (χ1v) is 8.41. The third-order valence-corrected chi connectivity index (χ3v) is 5.26. The normalized spacial score (nSPS) is 24.9. The Morgan fingerprint density at radius 3 is 2.48 bits per heavy atom. The van der Waals surface area contributed by atoms with E-state index in [4.69, 9.17) is 0 Å². The molecule has 3 heteroatoms. The van der Waals surface area contributed by atoms with Crippen molar-refractivity contribution in [1.29, 1.82) is 0 Å². The molecular formula is C18H29N3. The van der Waals surface area contributed by atoms with Crippen molar-refractivity contribution in [3.8, 4) is 0 Å². The summed E-state index contributed by atoms with van der Waals surface area (Å²) in [6.45, 7) is 6.22. The minimum Gasteiger partial charge on any atom is -0.371 e. The van der Waals surface area contributed by atoms with Crippen molar-refractivity contribution in [2.75, 3.05) is 51.7 Å². The summed E-state index contributed by atoms with van der Waals surface area (Å²) in [7, 11) is 4.58. The van der Waals surface area contributed by atoms with Crippen LogP contribution in [-0.4, -0.2) is 62.7 Å². The molecule has 0 N–H and O–H groups in total. The molecule has 0 spiro atoms. The average molecular weight is 287 g/mol. The highest BCUT2D eigenvalue weighted by Crippen LogP contribution is 2.25. The molecule has 0 radical (unpaired) electrons. The highest BCUT2D eigenvalue weighted by molar-refractivity contribution is 5.46. The summed E-state index contributed by atoms with van der Waals surface area (Å²) in [6, 6.07) is 11.7. The van der Waals surface area contributed by atoms with Crippen LogP contribution in [0.1, 0.15) is 19.3 Å². The number of nitrogens with zero attached hydrogens (tertiary/aromatic N) is 3. The third-order valence-electron chi connectivity index (χ3n) is 5.26. The lowest BCUT2D eigenvalue weighted by molar-refractivity contribution is 0.132. The molecule has 0 amide bonds. The van der Waals surface area contributed by atoms with E-state index in [0.29, 0.717) is 0 Å². The molecule has 3 nitrogen and oxygen atoms in total.